The van der Waals surface area contributed by atoms with Crippen molar-refractivity contribution in [2.75, 3.05) is 20.2 Å². The number of nitrogens with zero attached hydrogens (tertiary/aromatic N) is 1. The number of methoxy groups -OCH3 is 1. The van der Waals surface area contributed by atoms with Gasteiger partial charge in [-0.05, 0) is 42.4 Å². The minimum absolute atomic E-state index is 0.282. The maximum absolute atomic E-state index is 12.4. The van der Waals surface area contributed by atoms with Gasteiger partial charge in [-0.15, -0.1) is 0 Å². The molecule has 20 heavy (non-hydrogen) atoms. The van der Waals surface area contributed by atoms with E-state index in [0.717, 1.165) is 36.2 Å². The summed E-state index contributed by atoms with van der Waals surface area (Å²) in [5.41, 5.74) is 1.07. The summed E-state index contributed by atoms with van der Waals surface area (Å²) in [5.74, 6) is 2.66. The highest BCUT2D eigenvalue weighted by molar-refractivity contribution is 5.79. The quantitative estimate of drug-likeness (QED) is 0.847. The molecule has 0 bridgehead atoms. The second kappa shape index (κ2) is 5.86. The number of benzene rings is 1. The average Bonchev–Trinajstić information content (AvgIpc) is 2.92. The Balaban J connectivity index is 1.59. The van der Waals surface area contributed by atoms with Crippen LogP contribution in [0.5, 0.6) is 5.75 Å². The first kappa shape index (κ1) is 13.5. The van der Waals surface area contributed by atoms with Gasteiger partial charge in [-0.3, -0.25) is 4.79 Å². The number of fused-ring (bicyclic) bond motifs is 1. The van der Waals surface area contributed by atoms with Gasteiger partial charge in [0.05, 0.1) is 13.5 Å². The maximum atomic E-state index is 12.4. The molecule has 3 heteroatoms. The van der Waals surface area contributed by atoms with Gasteiger partial charge in [0.15, 0.2) is 0 Å². The summed E-state index contributed by atoms with van der Waals surface area (Å²) < 4.78 is 5.14. The number of carbonyl (C=O) groups is 1. The Hall–Kier alpha value is -1.51. The predicted molar refractivity (Wildman–Crippen MR) is 78.7 cm³/mol. The summed E-state index contributed by atoms with van der Waals surface area (Å²) >= 11 is 0. The second-order valence-corrected chi connectivity index (χ2v) is 6.13. The van der Waals surface area contributed by atoms with Crippen LogP contribution < -0.4 is 4.74 Å². The van der Waals surface area contributed by atoms with E-state index >= 15 is 0 Å². The van der Waals surface area contributed by atoms with Crippen molar-refractivity contribution in [2.24, 2.45) is 11.8 Å². The number of likely N-dealkylation sites (tertiary alicyclic amines) is 1. The zero-order valence-corrected chi connectivity index (χ0v) is 12.2. The lowest BCUT2D eigenvalue weighted by molar-refractivity contribution is -0.129. The Bertz CT molecular complexity index is 454. The highest BCUT2D eigenvalue weighted by atomic mass is 16.5. The molecule has 0 radical (unpaired) electrons. The highest BCUT2D eigenvalue weighted by Gasteiger charge is 2.36. The number of ether oxygens (including phenoxy) is 1. The molecule has 1 aromatic rings. The van der Waals surface area contributed by atoms with Crippen LogP contribution >= 0.6 is 0 Å². The zero-order valence-electron chi connectivity index (χ0n) is 12.2. The molecule has 2 fully saturated rings. The minimum Gasteiger partial charge on any atom is -0.497 e. The van der Waals surface area contributed by atoms with Gasteiger partial charge in [0.2, 0.25) is 5.91 Å². The van der Waals surface area contributed by atoms with E-state index in [1.165, 1.54) is 25.7 Å². The van der Waals surface area contributed by atoms with E-state index in [1.54, 1.807) is 7.11 Å². The fourth-order valence-corrected chi connectivity index (χ4v) is 3.64. The van der Waals surface area contributed by atoms with Crippen molar-refractivity contribution in [1.29, 1.82) is 0 Å². The Morgan fingerprint density at radius 1 is 1.15 bits per heavy atom. The molecule has 108 valence electrons. The molecule has 3 nitrogen and oxygen atoms in total. The topological polar surface area (TPSA) is 29.5 Å². The molecule has 1 amide bonds. The predicted octanol–water partition coefficient (Wildman–Crippen LogP) is 2.89. The van der Waals surface area contributed by atoms with Crippen LogP contribution in [0.25, 0.3) is 0 Å². The van der Waals surface area contributed by atoms with Crippen molar-refractivity contribution >= 4 is 5.91 Å². The molecule has 1 aliphatic carbocycles. The molecule has 1 heterocycles. The number of rotatable bonds is 3. The van der Waals surface area contributed by atoms with E-state index < -0.39 is 0 Å². The van der Waals surface area contributed by atoms with E-state index in [2.05, 4.69) is 4.90 Å². The third-order valence-electron chi connectivity index (χ3n) is 4.84. The SMILES string of the molecule is COc1ccc(CC(=O)N2CC3CCCCC3C2)cc1. The van der Waals surface area contributed by atoms with E-state index in [4.69, 9.17) is 4.74 Å². The minimum atomic E-state index is 0.282. The van der Waals surface area contributed by atoms with Crippen molar-refractivity contribution in [3.05, 3.63) is 29.8 Å². The highest BCUT2D eigenvalue weighted by Crippen LogP contribution is 2.36. The molecule has 0 N–H and O–H groups in total. The number of hydrogen-bond donors (Lipinski definition) is 0. The number of amides is 1. The standard InChI is InChI=1S/C17H23NO2/c1-20-16-8-6-13(7-9-16)10-17(19)18-11-14-4-2-3-5-15(14)12-18/h6-9,14-15H,2-5,10-12H2,1H3. The van der Waals surface area contributed by atoms with Gasteiger partial charge in [0.1, 0.15) is 5.75 Å². The van der Waals surface area contributed by atoms with Crippen LogP contribution in [0, 0.1) is 11.8 Å². The largest absolute Gasteiger partial charge is 0.497 e. The first-order valence-corrected chi connectivity index (χ1v) is 7.67. The Morgan fingerprint density at radius 3 is 2.30 bits per heavy atom. The van der Waals surface area contributed by atoms with Crippen LogP contribution in [0.3, 0.4) is 0 Å². The second-order valence-electron chi connectivity index (χ2n) is 6.13. The summed E-state index contributed by atoms with van der Waals surface area (Å²) in [6, 6.07) is 7.82. The normalized spacial score (nSPS) is 25.4. The van der Waals surface area contributed by atoms with Crippen LogP contribution in [0.15, 0.2) is 24.3 Å². The molecular formula is C17H23NO2. The van der Waals surface area contributed by atoms with Crippen molar-refractivity contribution in [3.8, 4) is 5.75 Å². The van der Waals surface area contributed by atoms with E-state index in [9.17, 15) is 4.79 Å². The van der Waals surface area contributed by atoms with Crippen molar-refractivity contribution in [2.45, 2.75) is 32.1 Å². The molecule has 2 unspecified atom stereocenters. The lowest BCUT2D eigenvalue weighted by Gasteiger charge is -2.22. The van der Waals surface area contributed by atoms with Gasteiger partial charge >= 0.3 is 0 Å². The first-order chi connectivity index (χ1) is 9.76. The summed E-state index contributed by atoms with van der Waals surface area (Å²) in [5, 5.41) is 0. The fourth-order valence-electron chi connectivity index (χ4n) is 3.64. The van der Waals surface area contributed by atoms with Gasteiger partial charge in [-0.2, -0.15) is 0 Å². The van der Waals surface area contributed by atoms with Crippen LogP contribution in [0.1, 0.15) is 31.2 Å². The van der Waals surface area contributed by atoms with Gasteiger partial charge in [-0.25, -0.2) is 0 Å². The Morgan fingerprint density at radius 2 is 1.75 bits per heavy atom. The monoisotopic (exact) mass is 273 g/mol. The Labute approximate surface area is 120 Å². The van der Waals surface area contributed by atoms with Crippen molar-refractivity contribution in [1.82, 2.24) is 4.90 Å². The van der Waals surface area contributed by atoms with Crippen LogP contribution in [-0.4, -0.2) is 31.0 Å². The molecule has 2 atom stereocenters. The molecule has 1 saturated carbocycles. The molecule has 3 rings (SSSR count). The lowest BCUT2D eigenvalue weighted by Crippen LogP contribution is -2.30. The van der Waals surface area contributed by atoms with Crippen LogP contribution in [-0.2, 0) is 11.2 Å². The summed E-state index contributed by atoms with van der Waals surface area (Å²) in [7, 11) is 1.66. The summed E-state index contributed by atoms with van der Waals surface area (Å²) in [4.78, 5) is 14.5. The van der Waals surface area contributed by atoms with Gasteiger partial charge in [-0.1, -0.05) is 25.0 Å². The van der Waals surface area contributed by atoms with Gasteiger partial charge < -0.3 is 9.64 Å². The van der Waals surface area contributed by atoms with Crippen molar-refractivity contribution in [3.63, 3.8) is 0 Å². The fraction of sp³-hybridized carbons (Fsp3) is 0.588. The molecule has 0 aromatic heterocycles. The molecule has 1 saturated heterocycles. The molecular weight excluding hydrogens is 250 g/mol. The van der Waals surface area contributed by atoms with E-state index in [0.29, 0.717) is 6.42 Å². The van der Waals surface area contributed by atoms with Gasteiger partial charge in [0, 0.05) is 13.1 Å². The van der Waals surface area contributed by atoms with E-state index in [1.807, 2.05) is 24.3 Å². The first-order valence-electron chi connectivity index (χ1n) is 7.67. The number of carbonyl (C=O) groups excluding carboxylic acids is 1. The molecule has 0 spiro atoms. The van der Waals surface area contributed by atoms with Crippen LogP contribution in [0.2, 0.25) is 0 Å². The lowest BCUT2D eigenvalue weighted by atomic mass is 9.82. The third-order valence-corrected chi connectivity index (χ3v) is 4.84. The molecule has 1 aliphatic heterocycles. The third kappa shape index (κ3) is 2.82. The summed E-state index contributed by atoms with van der Waals surface area (Å²) in [6.07, 6.45) is 5.85. The average molecular weight is 273 g/mol. The number of hydrogen-bond acceptors (Lipinski definition) is 2. The molecule has 1 aromatic carbocycles. The van der Waals surface area contributed by atoms with Crippen LogP contribution in [0.4, 0.5) is 0 Å². The molecule has 2 aliphatic rings. The van der Waals surface area contributed by atoms with Gasteiger partial charge in [0.25, 0.3) is 0 Å². The zero-order chi connectivity index (χ0) is 13.9. The van der Waals surface area contributed by atoms with Crippen molar-refractivity contribution < 1.29 is 9.53 Å². The smallest absolute Gasteiger partial charge is 0.227 e. The maximum Gasteiger partial charge on any atom is 0.227 e. The summed E-state index contributed by atoms with van der Waals surface area (Å²) in [6.45, 7) is 1.97. The van der Waals surface area contributed by atoms with E-state index in [-0.39, 0.29) is 5.91 Å². The Kier molecular flexibility index (Phi) is 3.95.